The van der Waals surface area contributed by atoms with Crippen LogP contribution in [0.5, 0.6) is 0 Å². The van der Waals surface area contributed by atoms with Gasteiger partial charge >= 0.3 is 5.97 Å². The van der Waals surface area contributed by atoms with Crippen molar-refractivity contribution in [3.05, 3.63) is 47.0 Å². The molecule has 0 fully saturated rings. The summed E-state index contributed by atoms with van der Waals surface area (Å²) in [5.41, 5.74) is 2.01. The minimum Gasteiger partial charge on any atom is -0.457 e. The molecule has 0 heterocycles. The normalized spacial score (nSPS) is 15.2. The number of carbonyl (C=O) groups excluding carboxylic acids is 2. The first-order chi connectivity index (χ1) is 8.18. The van der Waals surface area contributed by atoms with Crippen LogP contribution in [0.3, 0.4) is 0 Å². The minimum absolute atomic E-state index is 0.0967. The number of rotatable bonds is 3. The summed E-state index contributed by atoms with van der Waals surface area (Å²) in [6.45, 7) is 2.02. The van der Waals surface area contributed by atoms with Gasteiger partial charge in [-0.2, -0.15) is 0 Å². The van der Waals surface area contributed by atoms with E-state index in [9.17, 15) is 9.59 Å². The van der Waals surface area contributed by atoms with Crippen LogP contribution in [0, 0.1) is 0 Å². The van der Waals surface area contributed by atoms with Crippen LogP contribution in [0.25, 0.3) is 0 Å². The summed E-state index contributed by atoms with van der Waals surface area (Å²) in [6, 6.07) is 9.43. The lowest BCUT2D eigenvalue weighted by molar-refractivity contribution is -0.141. The van der Waals surface area contributed by atoms with E-state index in [1.54, 1.807) is 0 Å². The maximum absolute atomic E-state index is 11.7. The Morgan fingerprint density at radius 2 is 1.94 bits per heavy atom. The fourth-order valence-electron chi connectivity index (χ4n) is 1.87. The summed E-state index contributed by atoms with van der Waals surface area (Å²) in [7, 11) is 0. The van der Waals surface area contributed by atoms with E-state index in [1.807, 2.05) is 37.3 Å². The fraction of sp³-hybridized carbons (Fsp3) is 0.286. The van der Waals surface area contributed by atoms with Crippen LogP contribution in [0.2, 0.25) is 0 Å². The molecule has 0 saturated heterocycles. The molecule has 0 bridgehead atoms. The van der Waals surface area contributed by atoms with Crippen LogP contribution in [-0.4, -0.2) is 11.8 Å². The van der Waals surface area contributed by atoms with Crippen LogP contribution in [0.15, 0.2) is 41.5 Å². The van der Waals surface area contributed by atoms with E-state index in [2.05, 4.69) is 0 Å². The molecule has 0 aliphatic heterocycles. The van der Waals surface area contributed by atoms with E-state index >= 15 is 0 Å². The molecule has 1 aromatic carbocycles. The first-order valence-electron chi connectivity index (χ1n) is 5.62. The molecule has 3 heteroatoms. The predicted octanol–water partition coefficient (Wildman–Crippen LogP) is 2.41. The molecule has 0 N–H and O–H groups in total. The third-order valence-corrected chi connectivity index (χ3v) is 2.85. The minimum atomic E-state index is -0.492. The molecule has 0 saturated carbocycles. The van der Waals surface area contributed by atoms with Gasteiger partial charge < -0.3 is 4.74 Å². The average molecular weight is 230 g/mol. The Morgan fingerprint density at radius 3 is 2.53 bits per heavy atom. The number of ether oxygens (including phenoxy) is 1. The molecule has 0 radical (unpaired) electrons. The SMILES string of the molecule is CC1=C(C(=O)OCc2ccccc2)C(=O)CC1. The first-order valence-corrected chi connectivity index (χ1v) is 5.62. The summed E-state index contributed by atoms with van der Waals surface area (Å²) in [5, 5.41) is 0. The third kappa shape index (κ3) is 2.61. The summed E-state index contributed by atoms with van der Waals surface area (Å²) in [4.78, 5) is 23.2. The Kier molecular flexibility index (Phi) is 3.38. The van der Waals surface area contributed by atoms with Crippen molar-refractivity contribution in [3.8, 4) is 0 Å². The molecular formula is C14H14O3. The zero-order chi connectivity index (χ0) is 12.3. The van der Waals surface area contributed by atoms with E-state index < -0.39 is 5.97 Å². The Labute approximate surface area is 100 Å². The van der Waals surface area contributed by atoms with Crippen LogP contribution in [-0.2, 0) is 20.9 Å². The topological polar surface area (TPSA) is 43.4 Å². The maximum atomic E-state index is 11.7. The number of ketones is 1. The Hall–Kier alpha value is -1.90. The highest BCUT2D eigenvalue weighted by molar-refractivity contribution is 6.19. The molecule has 1 aliphatic carbocycles. The van der Waals surface area contributed by atoms with Gasteiger partial charge in [-0.05, 0) is 18.9 Å². The number of benzene rings is 1. The lowest BCUT2D eigenvalue weighted by Gasteiger charge is -2.05. The van der Waals surface area contributed by atoms with Gasteiger partial charge in [-0.3, -0.25) is 4.79 Å². The van der Waals surface area contributed by atoms with Crippen LogP contribution < -0.4 is 0 Å². The summed E-state index contributed by atoms with van der Waals surface area (Å²) >= 11 is 0. The highest BCUT2D eigenvalue weighted by Crippen LogP contribution is 2.23. The molecule has 0 amide bonds. The average Bonchev–Trinajstić information content (AvgIpc) is 2.67. The molecule has 0 aromatic heterocycles. The third-order valence-electron chi connectivity index (χ3n) is 2.85. The molecule has 17 heavy (non-hydrogen) atoms. The largest absolute Gasteiger partial charge is 0.457 e. The van der Waals surface area contributed by atoms with E-state index in [0.29, 0.717) is 12.8 Å². The molecule has 88 valence electrons. The summed E-state index contributed by atoms with van der Waals surface area (Å²) in [5.74, 6) is -0.589. The second-order valence-electron chi connectivity index (χ2n) is 4.14. The number of Topliss-reactive ketones (excluding diaryl/α,β-unsaturated/α-hetero) is 1. The van der Waals surface area contributed by atoms with Crippen molar-refractivity contribution < 1.29 is 14.3 Å². The van der Waals surface area contributed by atoms with Gasteiger partial charge in [0.15, 0.2) is 5.78 Å². The lowest BCUT2D eigenvalue weighted by atomic mass is 10.2. The molecule has 0 spiro atoms. The van der Waals surface area contributed by atoms with Gasteiger partial charge in [-0.1, -0.05) is 35.9 Å². The number of esters is 1. The molecule has 2 rings (SSSR count). The molecule has 0 atom stereocenters. The zero-order valence-electron chi connectivity index (χ0n) is 9.73. The lowest BCUT2D eigenvalue weighted by Crippen LogP contribution is -2.13. The van der Waals surface area contributed by atoms with Crippen LogP contribution in [0.4, 0.5) is 0 Å². The molecule has 3 nitrogen and oxygen atoms in total. The number of hydrogen-bond acceptors (Lipinski definition) is 3. The highest BCUT2D eigenvalue weighted by Gasteiger charge is 2.27. The number of carbonyl (C=O) groups is 2. The Morgan fingerprint density at radius 1 is 1.24 bits per heavy atom. The molecular weight excluding hydrogens is 216 g/mol. The molecule has 1 aromatic rings. The summed E-state index contributed by atoms with van der Waals surface area (Å²) in [6.07, 6.45) is 1.11. The number of hydrogen-bond donors (Lipinski definition) is 0. The smallest absolute Gasteiger partial charge is 0.342 e. The van der Waals surface area contributed by atoms with E-state index in [1.165, 1.54) is 0 Å². The Balaban J connectivity index is 1.99. The number of allylic oxidation sites excluding steroid dienone is 1. The van der Waals surface area contributed by atoms with Crippen molar-refractivity contribution in [2.24, 2.45) is 0 Å². The standard InChI is InChI=1S/C14H14O3/c1-10-7-8-12(15)13(10)14(16)17-9-11-5-3-2-4-6-11/h2-6H,7-9H2,1H3. The van der Waals surface area contributed by atoms with Gasteiger partial charge in [0, 0.05) is 6.42 Å². The second-order valence-corrected chi connectivity index (χ2v) is 4.14. The first kappa shape index (κ1) is 11.6. The van der Waals surface area contributed by atoms with E-state index in [4.69, 9.17) is 4.74 Å². The maximum Gasteiger partial charge on any atom is 0.342 e. The van der Waals surface area contributed by atoms with Gasteiger partial charge in [-0.25, -0.2) is 4.79 Å². The van der Waals surface area contributed by atoms with Crippen LogP contribution in [0.1, 0.15) is 25.3 Å². The van der Waals surface area contributed by atoms with Gasteiger partial charge in [0.1, 0.15) is 12.2 Å². The van der Waals surface area contributed by atoms with Crippen molar-refractivity contribution >= 4 is 11.8 Å². The van der Waals surface area contributed by atoms with Crippen molar-refractivity contribution in [1.29, 1.82) is 0 Å². The summed E-state index contributed by atoms with van der Waals surface area (Å²) < 4.78 is 5.14. The predicted molar refractivity (Wildman–Crippen MR) is 63.2 cm³/mol. The van der Waals surface area contributed by atoms with Crippen molar-refractivity contribution in [2.75, 3.05) is 0 Å². The van der Waals surface area contributed by atoms with Gasteiger partial charge in [0.2, 0.25) is 0 Å². The second kappa shape index (κ2) is 4.95. The van der Waals surface area contributed by atoms with Crippen molar-refractivity contribution in [2.45, 2.75) is 26.4 Å². The van der Waals surface area contributed by atoms with Gasteiger partial charge in [0.05, 0.1) is 0 Å². The zero-order valence-corrected chi connectivity index (χ0v) is 9.73. The van der Waals surface area contributed by atoms with Crippen LogP contribution >= 0.6 is 0 Å². The van der Waals surface area contributed by atoms with E-state index in [0.717, 1.165) is 11.1 Å². The fourth-order valence-corrected chi connectivity index (χ4v) is 1.87. The van der Waals surface area contributed by atoms with Gasteiger partial charge in [-0.15, -0.1) is 0 Å². The quantitative estimate of drug-likeness (QED) is 0.591. The van der Waals surface area contributed by atoms with Crippen molar-refractivity contribution in [1.82, 2.24) is 0 Å². The van der Waals surface area contributed by atoms with E-state index in [-0.39, 0.29) is 18.0 Å². The monoisotopic (exact) mass is 230 g/mol. The highest BCUT2D eigenvalue weighted by atomic mass is 16.5. The Bertz CT molecular complexity index is 472. The molecule has 0 unspecified atom stereocenters. The molecule has 1 aliphatic rings. The van der Waals surface area contributed by atoms with Gasteiger partial charge in [0.25, 0.3) is 0 Å². The van der Waals surface area contributed by atoms with Crippen molar-refractivity contribution in [3.63, 3.8) is 0 Å².